The normalized spacial score (nSPS) is 11.3. The maximum absolute atomic E-state index is 12.5. The van der Waals surface area contributed by atoms with Gasteiger partial charge in [0.2, 0.25) is 0 Å². The number of aromatic nitrogens is 2. The average molecular weight is 278 g/mol. The second-order valence-electron chi connectivity index (χ2n) is 3.97. The number of hydrogen-bond donors (Lipinski definition) is 0. The van der Waals surface area contributed by atoms with E-state index in [1.54, 1.807) is 25.1 Å². The molecule has 2 rings (SSSR count). The number of benzene rings is 1. The Morgan fingerprint density at radius 2 is 1.94 bits per heavy atom. The van der Waals surface area contributed by atoms with Gasteiger partial charge in [0.25, 0.3) is 0 Å². The molecule has 0 N–H and O–H groups in total. The van der Waals surface area contributed by atoms with Gasteiger partial charge in [0.15, 0.2) is 0 Å². The van der Waals surface area contributed by atoms with Crippen molar-refractivity contribution in [2.45, 2.75) is 13.5 Å². The number of para-hydroxylation sites is 2. The first-order chi connectivity index (χ1) is 7.89. The number of hydrogen-bond acceptors (Lipinski definition) is 1. The molecule has 1 aromatic carbocycles. The Morgan fingerprint density at radius 3 is 2.56 bits per heavy atom. The largest absolute Gasteiger partial charge is 1.00 e. The molecule has 1 heterocycles. The molecule has 0 aliphatic rings. The van der Waals surface area contributed by atoms with E-state index in [4.69, 9.17) is 0 Å². The number of rotatable bonds is 3. The van der Waals surface area contributed by atoms with Gasteiger partial charge in [0.05, 0.1) is 11.0 Å². The average Bonchev–Trinajstić information content (AvgIpc) is 2.54. The summed E-state index contributed by atoms with van der Waals surface area (Å²) < 4.78 is 39.0. The summed E-state index contributed by atoms with van der Waals surface area (Å²) in [4.78, 5) is 4.21. The van der Waals surface area contributed by atoms with Crippen molar-refractivity contribution in [3.05, 3.63) is 42.1 Å². The third-order valence-electron chi connectivity index (χ3n) is 2.67. The van der Waals surface area contributed by atoms with Crippen LogP contribution in [0.15, 0.2) is 36.3 Å². The first kappa shape index (κ1) is 16.0. The fourth-order valence-corrected chi connectivity index (χ4v) is 1.70. The van der Waals surface area contributed by atoms with Crippen molar-refractivity contribution in [3.63, 3.8) is 0 Å². The molecule has 0 atom stereocenters. The molecule has 0 unspecified atom stereocenters. The van der Waals surface area contributed by atoms with Crippen molar-refractivity contribution in [1.82, 2.24) is 9.55 Å². The minimum absolute atomic E-state index is 0. The molecule has 1 aromatic heterocycles. The van der Waals surface area contributed by atoms with Crippen LogP contribution >= 0.6 is 0 Å². The van der Waals surface area contributed by atoms with Gasteiger partial charge >= 0.3 is 58.4 Å². The number of imidazole rings is 1. The van der Waals surface area contributed by atoms with Gasteiger partial charge in [-0.3, -0.25) is 0 Å². The molecule has 0 saturated carbocycles. The molecule has 18 heavy (non-hydrogen) atoms. The number of nitrogens with zero attached hydrogens (tertiary/aromatic N) is 2. The van der Waals surface area contributed by atoms with Gasteiger partial charge in [-0.15, -0.1) is 12.1 Å². The summed E-state index contributed by atoms with van der Waals surface area (Å²) >= 11 is 0. The van der Waals surface area contributed by atoms with Gasteiger partial charge in [-0.1, -0.05) is 12.1 Å². The first-order valence-electron chi connectivity index (χ1n) is 5.19. The zero-order valence-corrected chi connectivity index (χ0v) is 13.5. The molecule has 0 fully saturated rings. The zero-order chi connectivity index (χ0) is 12.6. The summed E-state index contributed by atoms with van der Waals surface area (Å²) in [6.45, 7) is -0.456. The van der Waals surface area contributed by atoms with Crippen LogP contribution in [0.25, 0.3) is 11.0 Å². The smallest absolute Gasteiger partial charge is 0.445 e. The molecule has 7 heteroatoms. The molecule has 2 aromatic rings. The third kappa shape index (κ3) is 3.27. The second kappa shape index (κ2) is 5.92. The van der Waals surface area contributed by atoms with Crippen LogP contribution in [0.4, 0.5) is 12.9 Å². The molecule has 0 radical (unpaired) electrons. The van der Waals surface area contributed by atoms with Crippen LogP contribution in [0.5, 0.6) is 0 Å². The summed E-state index contributed by atoms with van der Waals surface area (Å²) in [6, 6.07) is 7.12. The third-order valence-corrected chi connectivity index (χ3v) is 2.67. The number of allylic oxidation sites excluding steroid dienone is 1. The van der Waals surface area contributed by atoms with E-state index in [1.807, 2.05) is 6.07 Å². The first-order valence-corrected chi connectivity index (χ1v) is 5.19. The van der Waals surface area contributed by atoms with Gasteiger partial charge in [0.1, 0.15) is 5.82 Å². The molecule has 90 valence electrons. The predicted octanol–water partition coefficient (Wildman–Crippen LogP) is 0.292. The predicted molar refractivity (Wildman–Crippen MR) is 62.7 cm³/mol. The van der Waals surface area contributed by atoms with Crippen molar-refractivity contribution in [1.29, 1.82) is 0 Å². The van der Waals surface area contributed by atoms with Gasteiger partial charge in [-0.25, -0.2) is 4.98 Å². The Hall–Kier alpha value is -0.0787. The van der Waals surface area contributed by atoms with Crippen molar-refractivity contribution < 1.29 is 64.3 Å². The Bertz CT molecular complexity index is 577. The van der Waals surface area contributed by atoms with Crippen LogP contribution in [-0.4, -0.2) is 16.5 Å². The van der Waals surface area contributed by atoms with Crippen molar-refractivity contribution in [3.8, 4) is 0 Å². The minimum atomic E-state index is -5.00. The molecule has 0 saturated heterocycles. The van der Waals surface area contributed by atoms with Crippen LogP contribution in [0.1, 0.15) is 5.82 Å². The van der Waals surface area contributed by atoms with Gasteiger partial charge in [0, 0.05) is 6.54 Å². The summed E-state index contributed by atoms with van der Waals surface area (Å²) in [5.74, 6) is 0.562. The van der Waals surface area contributed by atoms with E-state index in [1.165, 1.54) is 4.57 Å². The topological polar surface area (TPSA) is 17.8 Å². The number of halogens is 3. The fourth-order valence-electron chi connectivity index (χ4n) is 1.70. The van der Waals surface area contributed by atoms with Crippen LogP contribution in [0.3, 0.4) is 0 Å². The summed E-state index contributed by atoms with van der Waals surface area (Å²) in [7, 11) is 0. The Balaban J connectivity index is 0.00000162. The maximum atomic E-state index is 12.5. The summed E-state index contributed by atoms with van der Waals surface area (Å²) in [5, 5.41) is 0. The standard InChI is InChI=1S/C11H11BF3N2.K/c1-8(12(13,14)15)7-17-9(2)16-10-5-3-4-6-11(10)17;/h3-6H,1,7H2,2H3;/q-1;+1. The quantitative estimate of drug-likeness (QED) is 0.738. The molecular formula is C11H11BF3KN2. The molecule has 0 spiro atoms. The minimum Gasteiger partial charge on any atom is -0.445 e. The number of aryl methyl sites for hydroxylation is 1. The molecule has 0 amide bonds. The van der Waals surface area contributed by atoms with Crippen LogP contribution in [0.2, 0.25) is 0 Å². The van der Waals surface area contributed by atoms with Crippen LogP contribution in [-0.2, 0) is 6.54 Å². The monoisotopic (exact) mass is 278 g/mol. The summed E-state index contributed by atoms with van der Waals surface area (Å²) in [6.07, 6.45) is 0. The molecular weight excluding hydrogens is 267 g/mol. The number of fused-ring (bicyclic) bond motifs is 1. The van der Waals surface area contributed by atoms with E-state index >= 15 is 0 Å². The molecule has 0 aliphatic carbocycles. The van der Waals surface area contributed by atoms with Crippen molar-refractivity contribution in [2.24, 2.45) is 0 Å². The van der Waals surface area contributed by atoms with E-state index in [9.17, 15) is 12.9 Å². The zero-order valence-electron chi connectivity index (χ0n) is 10.3. The Labute approximate surface area is 146 Å². The van der Waals surface area contributed by atoms with Gasteiger partial charge in [-0.05, 0) is 19.1 Å². The molecule has 0 aliphatic heterocycles. The van der Waals surface area contributed by atoms with E-state index in [-0.39, 0.29) is 57.9 Å². The molecule has 0 bridgehead atoms. The Kier molecular flexibility index (Phi) is 5.25. The van der Waals surface area contributed by atoms with Crippen LogP contribution < -0.4 is 51.4 Å². The second-order valence-corrected chi connectivity index (χ2v) is 3.97. The van der Waals surface area contributed by atoms with E-state index in [0.717, 1.165) is 0 Å². The fraction of sp³-hybridized carbons (Fsp3) is 0.182. The van der Waals surface area contributed by atoms with E-state index in [0.29, 0.717) is 16.9 Å². The summed E-state index contributed by atoms with van der Waals surface area (Å²) in [5.41, 5.74) is 0.690. The van der Waals surface area contributed by atoms with Crippen LogP contribution in [0, 0.1) is 6.92 Å². The van der Waals surface area contributed by atoms with Gasteiger partial charge < -0.3 is 17.5 Å². The van der Waals surface area contributed by atoms with Crippen molar-refractivity contribution >= 4 is 18.0 Å². The Morgan fingerprint density at radius 1 is 1.33 bits per heavy atom. The SMILES string of the molecule is C=C(Cn1c(C)nc2ccccc21)[B-](F)(F)F.[K+]. The van der Waals surface area contributed by atoms with Gasteiger partial charge in [-0.2, -0.15) is 0 Å². The van der Waals surface area contributed by atoms with Crippen molar-refractivity contribution in [2.75, 3.05) is 0 Å². The van der Waals surface area contributed by atoms with E-state index < -0.39 is 12.4 Å². The van der Waals surface area contributed by atoms with E-state index in [2.05, 4.69) is 11.6 Å². The maximum Gasteiger partial charge on any atom is 1.00 e. The molecule has 2 nitrogen and oxygen atoms in total.